The minimum absolute atomic E-state index is 0.203. The van der Waals surface area contributed by atoms with Crippen LogP contribution in [0.1, 0.15) is 24.2 Å². The van der Waals surface area contributed by atoms with Crippen molar-refractivity contribution in [1.29, 1.82) is 0 Å². The maximum Gasteiger partial charge on any atom is 0.255 e. The van der Waals surface area contributed by atoms with Gasteiger partial charge in [-0.1, -0.05) is 6.92 Å². The zero-order valence-electron chi connectivity index (χ0n) is 15.0. The Bertz CT molecular complexity index is 953. The number of anilines is 2. The molecule has 1 atom stereocenters. The van der Waals surface area contributed by atoms with Crippen LogP contribution in [0.5, 0.6) is 5.75 Å². The Hall–Kier alpha value is -2.87. The van der Waals surface area contributed by atoms with E-state index in [1.54, 1.807) is 31.2 Å². The summed E-state index contributed by atoms with van der Waals surface area (Å²) in [5.41, 5.74) is 1.20. The molecular formula is C19H20N2O5S. The standard InChI is InChI=1S/C19H20N2O5S/c1-3-26-17-10-6-15(7-11-17)20-18(22)14-4-8-16(9-5-14)21-19(23)13(2)12-27(21,24)25/h4-11,13H,3,12H2,1-2H3,(H,20,22)/t13-/m1/s1. The fourth-order valence-electron chi connectivity index (χ4n) is 2.84. The van der Waals surface area contributed by atoms with Crippen LogP contribution in [-0.4, -0.2) is 32.6 Å². The number of hydrogen-bond acceptors (Lipinski definition) is 5. The number of rotatable bonds is 5. The third kappa shape index (κ3) is 3.95. The highest BCUT2D eigenvalue weighted by atomic mass is 32.2. The topological polar surface area (TPSA) is 92.8 Å². The molecule has 8 heteroatoms. The van der Waals surface area contributed by atoms with Crippen molar-refractivity contribution >= 4 is 33.2 Å². The van der Waals surface area contributed by atoms with E-state index in [1.807, 2.05) is 6.92 Å². The molecule has 2 amide bonds. The predicted molar refractivity (Wildman–Crippen MR) is 102 cm³/mol. The molecule has 0 spiro atoms. The van der Waals surface area contributed by atoms with E-state index in [4.69, 9.17) is 4.74 Å². The lowest BCUT2D eigenvalue weighted by Crippen LogP contribution is -2.30. The first-order valence-electron chi connectivity index (χ1n) is 8.53. The van der Waals surface area contributed by atoms with Crippen LogP contribution in [-0.2, 0) is 14.8 Å². The SMILES string of the molecule is CCOc1ccc(NC(=O)c2ccc(N3C(=O)[C@H](C)CS3(=O)=O)cc2)cc1. The number of carbonyl (C=O) groups is 2. The largest absolute Gasteiger partial charge is 0.494 e. The first-order valence-corrected chi connectivity index (χ1v) is 10.1. The summed E-state index contributed by atoms with van der Waals surface area (Å²) in [5.74, 6) is -0.856. The molecular weight excluding hydrogens is 368 g/mol. The summed E-state index contributed by atoms with van der Waals surface area (Å²) >= 11 is 0. The third-order valence-corrected chi connectivity index (χ3v) is 6.02. The predicted octanol–water partition coefficient (Wildman–Crippen LogP) is 2.65. The van der Waals surface area contributed by atoms with Gasteiger partial charge >= 0.3 is 0 Å². The normalized spacial score (nSPS) is 18.4. The van der Waals surface area contributed by atoms with Gasteiger partial charge in [0.1, 0.15) is 5.75 Å². The molecule has 1 heterocycles. The van der Waals surface area contributed by atoms with E-state index in [-0.39, 0.29) is 17.3 Å². The Morgan fingerprint density at radius 2 is 1.78 bits per heavy atom. The van der Waals surface area contributed by atoms with Gasteiger partial charge in [-0.2, -0.15) is 0 Å². The highest BCUT2D eigenvalue weighted by Crippen LogP contribution is 2.28. The molecule has 1 fully saturated rings. The lowest BCUT2D eigenvalue weighted by atomic mass is 10.1. The van der Waals surface area contributed by atoms with Crippen molar-refractivity contribution in [3.8, 4) is 5.75 Å². The van der Waals surface area contributed by atoms with Crippen molar-refractivity contribution < 1.29 is 22.7 Å². The van der Waals surface area contributed by atoms with E-state index in [0.29, 0.717) is 23.6 Å². The second-order valence-electron chi connectivity index (χ2n) is 6.24. The van der Waals surface area contributed by atoms with Crippen molar-refractivity contribution in [3.05, 3.63) is 54.1 Å². The minimum atomic E-state index is -3.66. The second kappa shape index (κ2) is 7.40. The molecule has 1 aliphatic rings. The zero-order chi connectivity index (χ0) is 19.6. The zero-order valence-corrected chi connectivity index (χ0v) is 15.8. The van der Waals surface area contributed by atoms with Crippen molar-refractivity contribution in [2.75, 3.05) is 22.0 Å². The first-order chi connectivity index (χ1) is 12.8. The molecule has 0 bridgehead atoms. The molecule has 142 valence electrons. The van der Waals surface area contributed by atoms with Gasteiger partial charge in [0.15, 0.2) is 0 Å². The molecule has 2 aromatic carbocycles. The summed E-state index contributed by atoms with van der Waals surface area (Å²) in [6.45, 7) is 4.03. The van der Waals surface area contributed by atoms with E-state index in [9.17, 15) is 18.0 Å². The maximum absolute atomic E-state index is 12.4. The van der Waals surface area contributed by atoms with Gasteiger partial charge in [0.2, 0.25) is 15.9 Å². The lowest BCUT2D eigenvalue weighted by molar-refractivity contribution is -0.119. The van der Waals surface area contributed by atoms with Gasteiger partial charge < -0.3 is 10.1 Å². The molecule has 1 saturated heterocycles. The monoisotopic (exact) mass is 388 g/mol. The number of amides is 2. The molecule has 0 unspecified atom stereocenters. The summed E-state index contributed by atoms with van der Waals surface area (Å²) in [7, 11) is -3.66. The van der Waals surface area contributed by atoms with Crippen molar-refractivity contribution in [3.63, 3.8) is 0 Å². The van der Waals surface area contributed by atoms with Crippen LogP contribution in [0, 0.1) is 5.92 Å². The first kappa shape index (κ1) is 18.9. The summed E-state index contributed by atoms with van der Waals surface area (Å²) in [4.78, 5) is 24.5. The number of sulfonamides is 1. The molecule has 1 aliphatic heterocycles. The molecule has 0 radical (unpaired) electrons. The summed E-state index contributed by atoms with van der Waals surface area (Å²) in [6, 6.07) is 12.9. The number of carbonyl (C=O) groups excluding carboxylic acids is 2. The fraction of sp³-hybridized carbons (Fsp3) is 0.263. The molecule has 0 aliphatic carbocycles. The summed E-state index contributed by atoms with van der Waals surface area (Å²) in [6.07, 6.45) is 0. The van der Waals surface area contributed by atoms with Gasteiger partial charge in [-0.25, -0.2) is 12.7 Å². The molecule has 27 heavy (non-hydrogen) atoms. The van der Waals surface area contributed by atoms with Crippen LogP contribution < -0.4 is 14.4 Å². The smallest absolute Gasteiger partial charge is 0.255 e. The Balaban J connectivity index is 1.73. The number of benzene rings is 2. The van der Waals surface area contributed by atoms with Gasteiger partial charge in [-0.05, 0) is 55.5 Å². The van der Waals surface area contributed by atoms with Crippen LogP contribution in [0.15, 0.2) is 48.5 Å². The average Bonchev–Trinajstić information content (AvgIpc) is 2.84. The minimum Gasteiger partial charge on any atom is -0.494 e. The molecule has 0 aromatic heterocycles. The van der Waals surface area contributed by atoms with E-state index in [1.165, 1.54) is 24.3 Å². The third-order valence-electron chi connectivity index (χ3n) is 4.15. The van der Waals surface area contributed by atoms with Crippen molar-refractivity contribution in [2.24, 2.45) is 5.92 Å². The van der Waals surface area contributed by atoms with E-state index in [2.05, 4.69) is 5.32 Å². The van der Waals surface area contributed by atoms with Crippen LogP contribution in [0.2, 0.25) is 0 Å². The quantitative estimate of drug-likeness (QED) is 0.850. The maximum atomic E-state index is 12.4. The average molecular weight is 388 g/mol. The number of nitrogens with zero attached hydrogens (tertiary/aromatic N) is 1. The molecule has 0 saturated carbocycles. The molecule has 3 rings (SSSR count). The molecule has 1 N–H and O–H groups in total. The van der Waals surface area contributed by atoms with Gasteiger partial charge in [0.05, 0.1) is 24.0 Å². The van der Waals surface area contributed by atoms with E-state index >= 15 is 0 Å². The molecule has 2 aromatic rings. The van der Waals surface area contributed by atoms with Crippen molar-refractivity contribution in [1.82, 2.24) is 0 Å². The van der Waals surface area contributed by atoms with Crippen LogP contribution in [0.4, 0.5) is 11.4 Å². The van der Waals surface area contributed by atoms with Gasteiger partial charge in [-0.15, -0.1) is 0 Å². The van der Waals surface area contributed by atoms with Gasteiger partial charge in [-0.3, -0.25) is 9.59 Å². The number of ether oxygens (including phenoxy) is 1. The van der Waals surface area contributed by atoms with Crippen LogP contribution >= 0.6 is 0 Å². The summed E-state index contributed by atoms with van der Waals surface area (Å²) in [5, 5.41) is 2.76. The Kier molecular flexibility index (Phi) is 5.18. The number of hydrogen-bond donors (Lipinski definition) is 1. The van der Waals surface area contributed by atoms with Crippen LogP contribution in [0.25, 0.3) is 0 Å². The molecule has 7 nitrogen and oxygen atoms in total. The second-order valence-corrected chi connectivity index (χ2v) is 8.10. The number of nitrogens with one attached hydrogen (secondary N) is 1. The van der Waals surface area contributed by atoms with Crippen LogP contribution in [0.3, 0.4) is 0 Å². The van der Waals surface area contributed by atoms with E-state index in [0.717, 1.165) is 4.31 Å². The van der Waals surface area contributed by atoms with E-state index < -0.39 is 21.8 Å². The fourth-order valence-corrected chi connectivity index (χ4v) is 4.66. The van der Waals surface area contributed by atoms with Gasteiger partial charge in [0.25, 0.3) is 5.91 Å². The Labute approximate surface area is 158 Å². The lowest BCUT2D eigenvalue weighted by Gasteiger charge is -2.15. The highest BCUT2D eigenvalue weighted by molar-refractivity contribution is 7.94. The van der Waals surface area contributed by atoms with Crippen molar-refractivity contribution in [2.45, 2.75) is 13.8 Å². The summed E-state index contributed by atoms with van der Waals surface area (Å²) < 4.78 is 30.4. The van der Waals surface area contributed by atoms with Gasteiger partial charge in [0, 0.05) is 11.3 Å². The Morgan fingerprint density at radius 3 is 2.30 bits per heavy atom. The highest BCUT2D eigenvalue weighted by Gasteiger charge is 2.41. The Morgan fingerprint density at radius 1 is 1.15 bits per heavy atom.